The molecule has 2 heteroatoms. The molecule has 1 saturated carbocycles. The Morgan fingerprint density at radius 3 is 2.76 bits per heavy atom. The van der Waals surface area contributed by atoms with Crippen molar-refractivity contribution in [3.05, 3.63) is 65.2 Å². The van der Waals surface area contributed by atoms with E-state index < -0.39 is 0 Å². The van der Waals surface area contributed by atoms with Gasteiger partial charge in [-0.25, -0.2) is 0 Å². The fraction of sp³-hybridized carbons (Fsp3) is 0.368. The summed E-state index contributed by atoms with van der Waals surface area (Å²) in [4.78, 5) is 0. The number of rotatable bonds is 7. The molecule has 1 aliphatic rings. The van der Waals surface area contributed by atoms with Gasteiger partial charge in [-0.2, -0.15) is 0 Å². The van der Waals surface area contributed by atoms with Gasteiger partial charge in [-0.05, 0) is 42.9 Å². The topological polar surface area (TPSA) is 21.3 Å². The molecule has 0 amide bonds. The molecule has 0 heterocycles. The molecule has 1 fully saturated rings. The highest BCUT2D eigenvalue weighted by Gasteiger charge is 2.23. The van der Waals surface area contributed by atoms with Crippen LogP contribution in [0, 0.1) is 0 Å². The Balaban J connectivity index is 1.65. The van der Waals surface area contributed by atoms with Crippen molar-refractivity contribution in [3.8, 4) is 0 Å². The Morgan fingerprint density at radius 1 is 1.10 bits per heavy atom. The summed E-state index contributed by atoms with van der Waals surface area (Å²) >= 11 is 0. The molecule has 2 nitrogen and oxygen atoms in total. The molecule has 110 valence electrons. The molecule has 0 unspecified atom stereocenters. The van der Waals surface area contributed by atoms with Gasteiger partial charge in [0.1, 0.15) is 0 Å². The van der Waals surface area contributed by atoms with Crippen LogP contribution in [0.4, 0.5) is 5.69 Å². The summed E-state index contributed by atoms with van der Waals surface area (Å²) < 4.78 is 5.53. The SMILES string of the molecule is CCOCc1ccccc1NCc1cccc(C2CC2)c1. The second-order valence-corrected chi connectivity index (χ2v) is 5.67. The van der Waals surface area contributed by atoms with Crippen molar-refractivity contribution in [2.75, 3.05) is 11.9 Å². The molecule has 0 spiro atoms. The first kappa shape index (κ1) is 14.2. The average Bonchev–Trinajstić information content (AvgIpc) is 3.37. The van der Waals surface area contributed by atoms with Crippen molar-refractivity contribution in [1.29, 1.82) is 0 Å². The Labute approximate surface area is 127 Å². The van der Waals surface area contributed by atoms with E-state index in [9.17, 15) is 0 Å². The van der Waals surface area contributed by atoms with Gasteiger partial charge in [0, 0.05) is 24.4 Å². The van der Waals surface area contributed by atoms with Crippen molar-refractivity contribution >= 4 is 5.69 Å². The summed E-state index contributed by atoms with van der Waals surface area (Å²) in [5.74, 6) is 0.815. The van der Waals surface area contributed by atoms with Gasteiger partial charge < -0.3 is 10.1 Å². The number of nitrogens with one attached hydrogen (secondary N) is 1. The molecular formula is C19H23NO. The highest BCUT2D eigenvalue weighted by Crippen LogP contribution is 2.40. The Bertz CT molecular complexity index is 590. The summed E-state index contributed by atoms with van der Waals surface area (Å²) in [5, 5.41) is 3.55. The van der Waals surface area contributed by atoms with Crippen molar-refractivity contribution in [3.63, 3.8) is 0 Å². The minimum absolute atomic E-state index is 0.668. The molecule has 21 heavy (non-hydrogen) atoms. The molecule has 0 aliphatic heterocycles. The minimum atomic E-state index is 0.668. The third-order valence-corrected chi connectivity index (χ3v) is 3.96. The molecule has 0 aromatic heterocycles. The number of anilines is 1. The van der Waals surface area contributed by atoms with Crippen LogP contribution < -0.4 is 5.32 Å². The van der Waals surface area contributed by atoms with Crippen molar-refractivity contribution < 1.29 is 4.74 Å². The first-order chi connectivity index (χ1) is 10.4. The molecule has 0 saturated heterocycles. The van der Waals surface area contributed by atoms with E-state index in [2.05, 4.69) is 53.8 Å². The first-order valence-electron chi connectivity index (χ1n) is 7.85. The summed E-state index contributed by atoms with van der Waals surface area (Å²) in [6.07, 6.45) is 2.71. The predicted molar refractivity (Wildman–Crippen MR) is 87.5 cm³/mol. The van der Waals surface area contributed by atoms with Crippen molar-refractivity contribution in [2.45, 2.75) is 38.8 Å². The smallest absolute Gasteiger partial charge is 0.0736 e. The van der Waals surface area contributed by atoms with Crippen LogP contribution in [-0.4, -0.2) is 6.61 Å². The lowest BCUT2D eigenvalue weighted by Gasteiger charge is -2.12. The number of para-hydroxylation sites is 1. The van der Waals surface area contributed by atoms with Crippen molar-refractivity contribution in [2.24, 2.45) is 0 Å². The lowest BCUT2D eigenvalue weighted by molar-refractivity contribution is 0.134. The maximum atomic E-state index is 5.53. The fourth-order valence-corrected chi connectivity index (χ4v) is 2.60. The van der Waals surface area contributed by atoms with Gasteiger partial charge in [-0.15, -0.1) is 0 Å². The van der Waals surface area contributed by atoms with Gasteiger partial charge in [0.2, 0.25) is 0 Å². The molecule has 0 radical (unpaired) electrons. The van der Waals surface area contributed by atoms with Crippen LogP contribution in [0.25, 0.3) is 0 Å². The maximum absolute atomic E-state index is 5.53. The summed E-state index contributed by atoms with van der Waals surface area (Å²) in [6, 6.07) is 17.4. The van der Waals surface area contributed by atoms with Crippen LogP contribution in [0.15, 0.2) is 48.5 Å². The van der Waals surface area contributed by atoms with E-state index in [1.165, 1.54) is 35.2 Å². The zero-order valence-corrected chi connectivity index (χ0v) is 12.6. The lowest BCUT2D eigenvalue weighted by Crippen LogP contribution is -2.04. The van der Waals surface area contributed by atoms with Crippen molar-refractivity contribution in [1.82, 2.24) is 0 Å². The Kier molecular flexibility index (Phi) is 4.56. The van der Waals surface area contributed by atoms with Gasteiger partial charge in [-0.1, -0.05) is 42.5 Å². The molecule has 2 aromatic carbocycles. The van der Waals surface area contributed by atoms with Gasteiger partial charge in [-0.3, -0.25) is 0 Å². The highest BCUT2D eigenvalue weighted by molar-refractivity contribution is 5.51. The third kappa shape index (κ3) is 3.85. The largest absolute Gasteiger partial charge is 0.381 e. The molecule has 3 rings (SSSR count). The number of hydrogen-bond donors (Lipinski definition) is 1. The maximum Gasteiger partial charge on any atom is 0.0736 e. The first-order valence-corrected chi connectivity index (χ1v) is 7.85. The predicted octanol–water partition coefficient (Wildman–Crippen LogP) is 4.71. The zero-order valence-electron chi connectivity index (χ0n) is 12.6. The van der Waals surface area contributed by atoms with Crippen LogP contribution in [0.1, 0.15) is 42.4 Å². The lowest BCUT2D eigenvalue weighted by atomic mass is 10.1. The standard InChI is InChI=1S/C19H23NO/c1-2-21-14-18-7-3-4-9-19(18)20-13-15-6-5-8-17(12-15)16-10-11-16/h3-9,12,16,20H,2,10-11,13-14H2,1H3. The third-order valence-electron chi connectivity index (χ3n) is 3.96. The summed E-state index contributed by atoms with van der Waals surface area (Å²) in [7, 11) is 0. The van der Waals surface area contributed by atoms with Crippen LogP contribution >= 0.6 is 0 Å². The Hall–Kier alpha value is -1.80. The average molecular weight is 281 g/mol. The number of ether oxygens (including phenoxy) is 1. The van der Waals surface area contributed by atoms with E-state index in [4.69, 9.17) is 4.74 Å². The van der Waals surface area contributed by atoms with E-state index in [1.54, 1.807) is 0 Å². The van der Waals surface area contributed by atoms with Crippen LogP contribution in [0.5, 0.6) is 0 Å². The molecular weight excluding hydrogens is 258 g/mol. The van der Waals surface area contributed by atoms with Gasteiger partial charge in [0.05, 0.1) is 6.61 Å². The monoisotopic (exact) mass is 281 g/mol. The summed E-state index contributed by atoms with van der Waals surface area (Å²) in [5.41, 5.74) is 5.24. The second-order valence-electron chi connectivity index (χ2n) is 5.67. The molecule has 1 aliphatic carbocycles. The molecule has 0 atom stereocenters. The highest BCUT2D eigenvalue weighted by atomic mass is 16.5. The molecule has 0 bridgehead atoms. The second kappa shape index (κ2) is 6.77. The minimum Gasteiger partial charge on any atom is -0.381 e. The summed E-state index contributed by atoms with van der Waals surface area (Å²) in [6.45, 7) is 4.31. The Morgan fingerprint density at radius 2 is 1.95 bits per heavy atom. The van der Waals surface area contributed by atoms with Crippen LogP contribution in [0.3, 0.4) is 0 Å². The number of benzene rings is 2. The molecule has 1 N–H and O–H groups in total. The van der Waals surface area contributed by atoms with Crippen LogP contribution in [0.2, 0.25) is 0 Å². The fourth-order valence-electron chi connectivity index (χ4n) is 2.60. The normalized spacial score (nSPS) is 14.1. The van der Waals surface area contributed by atoms with Gasteiger partial charge in [0.15, 0.2) is 0 Å². The van der Waals surface area contributed by atoms with E-state index >= 15 is 0 Å². The zero-order chi connectivity index (χ0) is 14.5. The molecule has 2 aromatic rings. The number of hydrogen-bond acceptors (Lipinski definition) is 2. The van der Waals surface area contributed by atoms with Gasteiger partial charge >= 0.3 is 0 Å². The van der Waals surface area contributed by atoms with Crippen LogP contribution in [-0.2, 0) is 17.9 Å². The van der Waals surface area contributed by atoms with E-state index in [-0.39, 0.29) is 0 Å². The van der Waals surface area contributed by atoms with E-state index in [0.717, 1.165) is 19.1 Å². The quantitative estimate of drug-likeness (QED) is 0.793. The van der Waals surface area contributed by atoms with E-state index in [1.807, 2.05) is 6.92 Å². The van der Waals surface area contributed by atoms with Gasteiger partial charge in [0.25, 0.3) is 0 Å². The van der Waals surface area contributed by atoms with E-state index in [0.29, 0.717) is 6.61 Å².